The summed E-state index contributed by atoms with van der Waals surface area (Å²) in [7, 11) is 0. The van der Waals surface area contributed by atoms with Gasteiger partial charge in [0.25, 0.3) is 0 Å². The van der Waals surface area contributed by atoms with Gasteiger partial charge in [-0.05, 0) is 41.3 Å². The second kappa shape index (κ2) is 7.41. The molecule has 0 aromatic heterocycles. The van der Waals surface area contributed by atoms with Gasteiger partial charge < -0.3 is 0 Å². The fourth-order valence-corrected chi connectivity index (χ4v) is 1.85. The molecular weight excluding hydrogens is 327 g/mol. The first-order valence-corrected chi connectivity index (χ1v) is 6.63. The standard InChI is InChI=1S/C13H15IN2O/c1-2-16(9-3-8-15)10-13(17)11-4-6-12(14)7-5-11/h4-7H,2-3,9-10H2,1H3. The maximum atomic E-state index is 12.0. The van der Waals surface area contributed by atoms with E-state index in [0.717, 1.165) is 15.7 Å². The average molecular weight is 342 g/mol. The van der Waals surface area contributed by atoms with Crippen molar-refractivity contribution in [2.24, 2.45) is 0 Å². The second-order valence-electron chi connectivity index (χ2n) is 3.71. The molecular formula is C13H15IN2O. The van der Waals surface area contributed by atoms with Crippen molar-refractivity contribution in [2.45, 2.75) is 13.3 Å². The Morgan fingerprint density at radius 1 is 1.41 bits per heavy atom. The molecule has 0 atom stereocenters. The van der Waals surface area contributed by atoms with E-state index in [1.807, 2.05) is 36.1 Å². The first-order chi connectivity index (χ1) is 8.17. The van der Waals surface area contributed by atoms with Gasteiger partial charge in [0.2, 0.25) is 0 Å². The van der Waals surface area contributed by atoms with Gasteiger partial charge in [-0.2, -0.15) is 5.26 Å². The molecule has 0 saturated carbocycles. The zero-order valence-corrected chi connectivity index (χ0v) is 12.0. The molecule has 0 bridgehead atoms. The Hall–Kier alpha value is -0.930. The van der Waals surface area contributed by atoms with Gasteiger partial charge in [-0.1, -0.05) is 19.1 Å². The van der Waals surface area contributed by atoms with Crippen LogP contribution < -0.4 is 0 Å². The number of benzene rings is 1. The van der Waals surface area contributed by atoms with E-state index in [9.17, 15) is 4.79 Å². The quantitative estimate of drug-likeness (QED) is 0.590. The topological polar surface area (TPSA) is 44.1 Å². The molecule has 1 rings (SSSR count). The first kappa shape index (κ1) is 14.1. The van der Waals surface area contributed by atoms with Crippen molar-refractivity contribution in [2.75, 3.05) is 19.6 Å². The molecule has 0 radical (unpaired) electrons. The molecule has 1 aromatic rings. The van der Waals surface area contributed by atoms with Gasteiger partial charge in [-0.15, -0.1) is 0 Å². The lowest BCUT2D eigenvalue weighted by Gasteiger charge is -2.17. The van der Waals surface area contributed by atoms with Crippen molar-refractivity contribution in [3.63, 3.8) is 0 Å². The molecule has 0 heterocycles. The number of hydrogen-bond donors (Lipinski definition) is 0. The molecule has 90 valence electrons. The van der Waals surface area contributed by atoms with E-state index in [4.69, 9.17) is 5.26 Å². The lowest BCUT2D eigenvalue weighted by Crippen LogP contribution is -2.30. The van der Waals surface area contributed by atoms with Crippen LogP contribution in [0.15, 0.2) is 24.3 Å². The maximum Gasteiger partial charge on any atom is 0.176 e. The highest BCUT2D eigenvalue weighted by molar-refractivity contribution is 14.1. The maximum absolute atomic E-state index is 12.0. The van der Waals surface area contributed by atoms with Crippen molar-refractivity contribution in [3.05, 3.63) is 33.4 Å². The van der Waals surface area contributed by atoms with E-state index in [-0.39, 0.29) is 5.78 Å². The molecule has 1 aromatic carbocycles. The summed E-state index contributed by atoms with van der Waals surface area (Å²) in [5.74, 6) is 0.112. The molecule has 17 heavy (non-hydrogen) atoms. The number of nitriles is 1. The second-order valence-corrected chi connectivity index (χ2v) is 4.95. The summed E-state index contributed by atoms with van der Waals surface area (Å²) in [5, 5.41) is 8.53. The van der Waals surface area contributed by atoms with Gasteiger partial charge in [0.05, 0.1) is 12.6 Å². The van der Waals surface area contributed by atoms with Crippen LogP contribution in [-0.2, 0) is 0 Å². The van der Waals surface area contributed by atoms with Gasteiger partial charge in [0, 0.05) is 22.1 Å². The van der Waals surface area contributed by atoms with Crippen LogP contribution in [0.1, 0.15) is 23.7 Å². The highest BCUT2D eigenvalue weighted by Gasteiger charge is 2.10. The Morgan fingerprint density at radius 3 is 2.59 bits per heavy atom. The van der Waals surface area contributed by atoms with Crippen LogP contribution in [-0.4, -0.2) is 30.3 Å². The minimum atomic E-state index is 0.112. The SMILES string of the molecule is CCN(CCC#N)CC(=O)c1ccc(I)cc1. The fraction of sp³-hybridized carbons (Fsp3) is 0.385. The van der Waals surface area contributed by atoms with Crippen molar-refractivity contribution in [1.82, 2.24) is 4.90 Å². The van der Waals surface area contributed by atoms with E-state index in [0.29, 0.717) is 19.5 Å². The smallest absolute Gasteiger partial charge is 0.176 e. The number of halogens is 1. The predicted molar refractivity (Wildman–Crippen MR) is 75.8 cm³/mol. The third-order valence-corrected chi connectivity index (χ3v) is 3.24. The first-order valence-electron chi connectivity index (χ1n) is 5.55. The predicted octanol–water partition coefficient (Wildman–Crippen LogP) is 2.71. The Kier molecular flexibility index (Phi) is 6.16. The summed E-state index contributed by atoms with van der Waals surface area (Å²) in [6.07, 6.45) is 0.466. The number of ketones is 1. The molecule has 3 nitrogen and oxygen atoms in total. The van der Waals surface area contributed by atoms with Crippen molar-refractivity contribution in [1.29, 1.82) is 5.26 Å². The highest BCUT2D eigenvalue weighted by Crippen LogP contribution is 2.08. The van der Waals surface area contributed by atoms with E-state index < -0.39 is 0 Å². The van der Waals surface area contributed by atoms with Crippen molar-refractivity contribution >= 4 is 28.4 Å². The van der Waals surface area contributed by atoms with Gasteiger partial charge >= 0.3 is 0 Å². The minimum Gasteiger partial charge on any atom is -0.295 e. The average Bonchev–Trinajstić information content (AvgIpc) is 2.35. The van der Waals surface area contributed by atoms with E-state index >= 15 is 0 Å². The van der Waals surface area contributed by atoms with Crippen LogP contribution in [0.2, 0.25) is 0 Å². The van der Waals surface area contributed by atoms with Gasteiger partial charge in [0.1, 0.15) is 0 Å². The zero-order valence-electron chi connectivity index (χ0n) is 9.82. The monoisotopic (exact) mass is 342 g/mol. The summed E-state index contributed by atoms with van der Waals surface area (Å²) in [4.78, 5) is 14.0. The number of carbonyl (C=O) groups excluding carboxylic acids is 1. The normalized spacial score (nSPS) is 10.2. The Morgan fingerprint density at radius 2 is 2.06 bits per heavy atom. The fourth-order valence-electron chi connectivity index (χ4n) is 1.49. The molecule has 4 heteroatoms. The molecule has 0 N–H and O–H groups in total. The van der Waals surface area contributed by atoms with E-state index in [2.05, 4.69) is 28.7 Å². The highest BCUT2D eigenvalue weighted by atomic mass is 127. The lowest BCUT2D eigenvalue weighted by atomic mass is 10.1. The molecule has 0 amide bonds. The number of rotatable bonds is 6. The Bertz CT molecular complexity index is 408. The molecule has 0 fully saturated rings. The summed E-state index contributed by atoms with van der Waals surface area (Å²) in [6.45, 7) is 3.83. The van der Waals surface area contributed by atoms with Gasteiger partial charge in [0.15, 0.2) is 5.78 Å². The lowest BCUT2D eigenvalue weighted by molar-refractivity contribution is 0.0935. The third-order valence-electron chi connectivity index (χ3n) is 2.52. The van der Waals surface area contributed by atoms with Gasteiger partial charge in [-0.25, -0.2) is 0 Å². The van der Waals surface area contributed by atoms with Crippen LogP contribution in [0.5, 0.6) is 0 Å². The van der Waals surface area contributed by atoms with E-state index in [1.165, 1.54) is 0 Å². The molecule has 0 saturated heterocycles. The summed E-state index contributed by atoms with van der Waals surface area (Å²) < 4.78 is 1.12. The van der Waals surface area contributed by atoms with Crippen molar-refractivity contribution < 1.29 is 4.79 Å². The number of hydrogen-bond acceptors (Lipinski definition) is 3. The van der Waals surface area contributed by atoms with Crippen molar-refractivity contribution in [3.8, 4) is 6.07 Å². The summed E-state index contributed by atoms with van der Waals surface area (Å²) >= 11 is 2.21. The van der Waals surface area contributed by atoms with Crippen LogP contribution in [0, 0.1) is 14.9 Å². The number of Topliss-reactive ketones (excluding diaryl/α,β-unsaturated/α-hetero) is 1. The molecule has 0 unspecified atom stereocenters. The van der Waals surface area contributed by atoms with E-state index in [1.54, 1.807) is 0 Å². The number of nitrogens with zero attached hydrogens (tertiary/aromatic N) is 2. The zero-order chi connectivity index (χ0) is 12.7. The Labute approximate surface area is 116 Å². The summed E-state index contributed by atoms with van der Waals surface area (Å²) in [5.41, 5.74) is 0.737. The number of likely N-dealkylation sites (N-methyl/N-ethyl adjacent to an activating group) is 1. The third kappa shape index (κ3) is 4.84. The molecule has 0 aliphatic carbocycles. The van der Waals surface area contributed by atoms with Crippen LogP contribution in [0.4, 0.5) is 0 Å². The molecule has 0 spiro atoms. The van der Waals surface area contributed by atoms with Gasteiger partial charge in [-0.3, -0.25) is 9.69 Å². The number of carbonyl (C=O) groups is 1. The molecule has 0 aliphatic rings. The van der Waals surface area contributed by atoms with Crippen LogP contribution in [0.25, 0.3) is 0 Å². The van der Waals surface area contributed by atoms with Crippen LogP contribution in [0.3, 0.4) is 0 Å². The summed E-state index contributed by atoms with van der Waals surface area (Å²) in [6, 6.07) is 9.66. The minimum absolute atomic E-state index is 0.112. The largest absolute Gasteiger partial charge is 0.295 e. The Balaban J connectivity index is 2.58. The molecule has 0 aliphatic heterocycles. The van der Waals surface area contributed by atoms with Crippen LogP contribution >= 0.6 is 22.6 Å².